The van der Waals surface area contributed by atoms with Gasteiger partial charge in [0.15, 0.2) is 0 Å². The SMILES string of the molecule is NC12CC3CC(CC(C3)C1)C2.O=C(O)c1cccc(C(=O)O)c1.O=S(=O)(O)O. The molecule has 28 heavy (non-hydrogen) atoms. The lowest BCUT2D eigenvalue weighted by atomic mass is 9.53. The average molecular weight is 415 g/mol. The van der Waals surface area contributed by atoms with Gasteiger partial charge in [0.25, 0.3) is 0 Å². The molecule has 156 valence electrons. The van der Waals surface area contributed by atoms with Crippen LogP contribution in [0.4, 0.5) is 0 Å². The molecule has 4 aliphatic rings. The predicted molar refractivity (Wildman–Crippen MR) is 99.6 cm³/mol. The first kappa shape index (κ1) is 22.3. The largest absolute Gasteiger partial charge is 0.478 e. The summed E-state index contributed by atoms with van der Waals surface area (Å²) in [7, 11) is -4.67. The van der Waals surface area contributed by atoms with Gasteiger partial charge in [-0.05, 0) is 74.5 Å². The first-order valence-corrected chi connectivity index (χ1v) is 10.3. The van der Waals surface area contributed by atoms with Gasteiger partial charge in [-0.3, -0.25) is 9.11 Å². The van der Waals surface area contributed by atoms with E-state index in [-0.39, 0.29) is 11.1 Å². The van der Waals surface area contributed by atoms with Crippen LogP contribution in [0.2, 0.25) is 0 Å². The zero-order valence-electron chi connectivity index (χ0n) is 15.2. The molecule has 0 aromatic heterocycles. The molecular weight excluding hydrogens is 390 g/mol. The Morgan fingerprint density at radius 1 is 0.893 bits per heavy atom. The van der Waals surface area contributed by atoms with Crippen molar-refractivity contribution in [2.24, 2.45) is 23.5 Å². The average Bonchev–Trinajstić information content (AvgIpc) is 2.51. The van der Waals surface area contributed by atoms with Gasteiger partial charge in [-0.25, -0.2) is 9.59 Å². The maximum absolute atomic E-state index is 10.4. The summed E-state index contributed by atoms with van der Waals surface area (Å²) in [5, 5.41) is 17.0. The molecule has 0 aliphatic heterocycles. The smallest absolute Gasteiger partial charge is 0.394 e. The van der Waals surface area contributed by atoms with E-state index in [0.717, 1.165) is 23.8 Å². The Balaban J connectivity index is 0.000000163. The van der Waals surface area contributed by atoms with Crippen molar-refractivity contribution in [3.8, 4) is 0 Å². The molecule has 5 rings (SSSR count). The van der Waals surface area contributed by atoms with E-state index in [1.165, 1.54) is 56.7 Å². The van der Waals surface area contributed by atoms with Gasteiger partial charge in [-0.1, -0.05) is 6.07 Å². The van der Waals surface area contributed by atoms with Crippen molar-refractivity contribution in [2.45, 2.75) is 44.1 Å². The van der Waals surface area contributed by atoms with E-state index in [0.29, 0.717) is 5.54 Å². The highest BCUT2D eigenvalue weighted by atomic mass is 32.3. The van der Waals surface area contributed by atoms with E-state index < -0.39 is 22.3 Å². The molecular formula is C18H25NO8S. The standard InChI is InChI=1S/C10H17N.C8H6O4.H2O4S/c11-10-4-7-1-8(5-10)3-9(2-7)6-10;9-7(10)5-2-1-3-6(4-5)8(11)12;1-5(2,3)4/h7-9H,1-6,11H2;1-4H,(H,9,10)(H,11,12);(H2,1,2,3,4). The fourth-order valence-electron chi connectivity index (χ4n) is 4.96. The third kappa shape index (κ3) is 6.86. The Kier molecular flexibility index (Phi) is 6.81. The number of nitrogens with two attached hydrogens (primary N) is 1. The zero-order chi connectivity index (χ0) is 21.1. The minimum absolute atomic E-state index is 0.0186. The van der Waals surface area contributed by atoms with E-state index in [2.05, 4.69) is 0 Å². The predicted octanol–water partition coefficient (Wildman–Crippen LogP) is 2.34. The second kappa shape index (κ2) is 8.56. The lowest BCUT2D eigenvalue weighted by Gasteiger charge is -2.55. The molecule has 4 saturated carbocycles. The van der Waals surface area contributed by atoms with Crippen molar-refractivity contribution in [1.29, 1.82) is 0 Å². The molecule has 6 N–H and O–H groups in total. The van der Waals surface area contributed by atoms with Crippen LogP contribution in [0.15, 0.2) is 24.3 Å². The van der Waals surface area contributed by atoms with Crippen LogP contribution in [0.5, 0.6) is 0 Å². The normalized spacial score (nSPS) is 29.8. The van der Waals surface area contributed by atoms with Crippen molar-refractivity contribution in [1.82, 2.24) is 0 Å². The van der Waals surface area contributed by atoms with E-state index in [9.17, 15) is 9.59 Å². The number of carboxylic acids is 2. The topological polar surface area (TPSA) is 175 Å². The lowest BCUT2D eigenvalue weighted by molar-refractivity contribution is 0.000357. The van der Waals surface area contributed by atoms with E-state index in [1.54, 1.807) is 0 Å². The lowest BCUT2D eigenvalue weighted by Crippen LogP contribution is -2.55. The first-order valence-electron chi connectivity index (χ1n) is 8.90. The summed E-state index contributed by atoms with van der Waals surface area (Å²) in [5.41, 5.74) is 6.58. The molecule has 1 aromatic carbocycles. The van der Waals surface area contributed by atoms with Crippen LogP contribution in [-0.2, 0) is 10.4 Å². The summed E-state index contributed by atoms with van der Waals surface area (Å²) in [6.45, 7) is 0. The summed E-state index contributed by atoms with van der Waals surface area (Å²) >= 11 is 0. The van der Waals surface area contributed by atoms with Gasteiger partial charge in [-0.2, -0.15) is 8.42 Å². The van der Waals surface area contributed by atoms with Crippen molar-refractivity contribution in [2.75, 3.05) is 0 Å². The fourth-order valence-corrected chi connectivity index (χ4v) is 4.96. The van der Waals surface area contributed by atoms with Gasteiger partial charge >= 0.3 is 22.3 Å². The fraction of sp³-hybridized carbons (Fsp3) is 0.556. The summed E-state index contributed by atoms with van der Waals surface area (Å²) in [5.74, 6) is 0.806. The van der Waals surface area contributed by atoms with Gasteiger partial charge in [0, 0.05) is 5.54 Å². The van der Waals surface area contributed by atoms with Crippen LogP contribution < -0.4 is 5.73 Å². The minimum Gasteiger partial charge on any atom is -0.478 e. The maximum Gasteiger partial charge on any atom is 0.394 e. The Labute approximate surface area is 163 Å². The quantitative estimate of drug-likeness (QED) is 0.454. The molecule has 0 radical (unpaired) electrons. The Morgan fingerprint density at radius 2 is 1.21 bits per heavy atom. The number of rotatable bonds is 2. The number of aromatic carboxylic acids is 2. The van der Waals surface area contributed by atoms with Gasteiger partial charge in [0.05, 0.1) is 11.1 Å². The van der Waals surface area contributed by atoms with Crippen molar-refractivity contribution in [3.63, 3.8) is 0 Å². The van der Waals surface area contributed by atoms with Crippen LogP contribution >= 0.6 is 0 Å². The summed E-state index contributed by atoms with van der Waals surface area (Å²) in [4.78, 5) is 20.8. The third-order valence-electron chi connectivity index (χ3n) is 5.44. The zero-order valence-corrected chi connectivity index (χ0v) is 16.0. The molecule has 0 heterocycles. The van der Waals surface area contributed by atoms with Gasteiger partial charge in [0.1, 0.15) is 0 Å². The minimum atomic E-state index is -4.67. The Bertz CT molecular complexity index is 763. The molecule has 0 saturated heterocycles. The molecule has 0 amide bonds. The third-order valence-corrected chi connectivity index (χ3v) is 5.44. The molecule has 0 spiro atoms. The van der Waals surface area contributed by atoms with Gasteiger partial charge in [-0.15, -0.1) is 0 Å². The summed E-state index contributed by atoms with van der Waals surface area (Å²) in [6.07, 6.45) is 8.57. The highest BCUT2D eigenvalue weighted by Gasteiger charge is 2.48. The van der Waals surface area contributed by atoms with Crippen molar-refractivity contribution < 1.29 is 37.3 Å². The number of carbonyl (C=O) groups is 2. The maximum atomic E-state index is 10.4. The van der Waals surface area contributed by atoms with Gasteiger partial charge < -0.3 is 15.9 Å². The van der Waals surface area contributed by atoms with Crippen LogP contribution in [0.1, 0.15) is 59.2 Å². The molecule has 4 fully saturated rings. The number of hydrogen-bond acceptors (Lipinski definition) is 5. The molecule has 0 atom stereocenters. The number of carboxylic acid groups (broad SMARTS) is 2. The molecule has 4 aliphatic carbocycles. The van der Waals surface area contributed by atoms with Crippen LogP contribution in [0.25, 0.3) is 0 Å². The van der Waals surface area contributed by atoms with Crippen molar-refractivity contribution in [3.05, 3.63) is 35.4 Å². The van der Waals surface area contributed by atoms with Crippen LogP contribution in [0.3, 0.4) is 0 Å². The molecule has 1 aromatic rings. The van der Waals surface area contributed by atoms with E-state index >= 15 is 0 Å². The Hall–Kier alpha value is -2.01. The van der Waals surface area contributed by atoms with Crippen LogP contribution in [0, 0.1) is 17.8 Å². The number of benzene rings is 1. The Morgan fingerprint density at radius 3 is 1.46 bits per heavy atom. The summed E-state index contributed by atoms with van der Waals surface area (Å²) in [6, 6.07) is 5.20. The monoisotopic (exact) mass is 415 g/mol. The van der Waals surface area contributed by atoms with Crippen LogP contribution in [-0.4, -0.2) is 45.2 Å². The number of hydrogen-bond donors (Lipinski definition) is 5. The highest BCUT2D eigenvalue weighted by Crippen LogP contribution is 2.54. The molecule has 10 heteroatoms. The second-order valence-corrected chi connectivity index (χ2v) is 8.81. The molecule has 0 unspecified atom stereocenters. The summed E-state index contributed by atoms with van der Waals surface area (Å²) < 4.78 is 31.6. The molecule has 4 bridgehead atoms. The first-order chi connectivity index (χ1) is 12.8. The van der Waals surface area contributed by atoms with Gasteiger partial charge in [0.2, 0.25) is 0 Å². The van der Waals surface area contributed by atoms with E-state index in [4.69, 9.17) is 33.5 Å². The van der Waals surface area contributed by atoms with Crippen molar-refractivity contribution >= 4 is 22.3 Å². The van der Waals surface area contributed by atoms with E-state index in [1.807, 2.05) is 0 Å². The second-order valence-electron chi connectivity index (χ2n) is 7.92. The highest BCUT2D eigenvalue weighted by molar-refractivity contribution is 7.79. The molecule has 9 nitrogen and oxygen atoms in total.